The third-order valence-corrected chi connectivity index (χ3v) is 5.81. The van der Waals surface area contributed by atoms with Gasteiger partial charge in [-0.2, -0.15) is 0 Å². The summed E-state index contributed by atoms with van der Waals surface area (Å²) in [7, 11) is 0. The predicted molar refractivity (Wildman–Crippen MR) is 116 cm³/mol. The molecule has 2 heterocycles. The molecular weight excluding hydrogens is 448 g/mol. The quantitative estimate of drug-likeness (QED) is 0.497. The summed E-state index contributed by atoms with van der Waals surface area (Å²) >= 11 is 7.03. The molecule has 0 aliphatic heterocycles. The molecule has 2 aromatic heterocycles. The second-order valence-electron chi connectivity index (χ2n) is 6.75. The number of hydrogen-bond acceptors (Lipinski definition) is 4. The fraction of sp³-hybridized carbons (Fsp3) is 0.0952. The van der Waals surface area contributed by atoms with E-state index in [0.717, 1.165) is 33.6 Å². The molecule has 10 heteroatoms. The summed E-state index contributed by atoms with van der Waals surface area (Å²) in [5.74, 6) is -2.45. The van der Waals surface area contributed by atoms with Crippen molar-refractivity contribution in [3.05, 3.63) is 90.9 Å². The van der Waals surface area contributed by atoms with Gasteiger partial charge in [0, 0.05) is 16.8 Å². The third kappa shape index (κ3) is 3.89. The van der Waals surface area contributed by atoms with Crippen molar-refractivity contribution < 1.29 is 13.6 Å². The normalized spacial score (nSPS) is 11.1. The van der Waals surface area contributed by atoms with Crippen LogP contribution in [0, 0.1) is 18.6 Å². The topological polar surface area (TPSA) is 73.1 Å². The van der Waals surface area contributed by atoms with Gasteiger partial charge in [0.05, 0.1) is 11.2 Å². The summed E-state index contributed by atoms with van der Waals surface area (Å²) < 4.78 is 29.5. The van der Waals surface area contributed by atoms with Crippen LogP contribution in [0.5, 0.6) is 0 Å². The average Bonchev–Trinajstić information content (AvgIpc) is 3.20. The molecule has 0 aliphatic rings. The number of carbonyl (C=O) groups is 1. The van der Waals surface area contributed by atoms with Crippen molar-refractivity contribution in [3.63, 3.8) is 0 Å². The number of amides is 1. The van der Waals surface area contributed by atoms with E-state index in [0.29, 0.717) is 21.3 Å². The van der Waals surface area contributed by atoms with Gasteiger partial charge in [-0.25, -0.2) is 18.1 Å². The van der Waals surface area contributed by atoms with Crippen LogP contribution >= 0.6 is 22.9 Å². The number of anilines is 1. The van der Waals surface area contributed by atoms with E-state index < -0.39 is 41.0 Å². The molecule has 4 rings (SSSR count). The maximum Gasteiger partial charge on any atom is 0.336 e. The number of carbonyl (C=O) groups excluding carboxylic acids is 1. The Balaban J connectivity index is 1.82. The van der Waals surface area contributed by atoms with Gasteiger partial charge in [-0.3, -0.25) is 14.2 Å². The fourth-order valence-corrected chi connectivity index (χ4v) is 4.17. The number of nitrogens with zero attached hydrogens (tertiary/aromatic N) is 2. The van der Waals surface area contributed by atoms with E-state index in [1.165, 1.54) is 6.07 Å². The number of rotatable bonds is 4. The number of thiophene rings is 1. The minimum Gasteiger partial charge on any atom is -0.324 e. The van der Waals surface area contributed by atoms with Gasteiger partial charge in [0.1, 0.15) is 22.9 Å². The molecule has 0 unspecified atom stereocenters. The zero-order valence-corrected chi connectivity index (χ0v) is 17.6. The first kappa shape index (κ1) is 21.0. The Morgan fingerprint density at radius 2 is 1.90 bits per heavy atom. The molecule has 0 spiro atoms. The summed E-state index contributed by atoms with van der Waals surface area (Å²) in [6.07, 6.45) is 0. The molecule has 0 radical (unpaired) electrons. The second kappa shape index (κ2) is 8.09. The molecule has 0 saturated heterocycles. The van der Waals surface area contributed by atoms with Gasteiger partial charge in [0.15, 0.2) is 0 Å². The Labute approximate surface area is 182 Å². The highest BCUT2D eigenvalue weighted by Gasteiger charge is 2.20. The summed E-state index contributed by atoms with van der Waals surface area (Å²) in [5, 5.41) is 4.70. The van der Waals surface area contributed by atoms with Gasteiger partial charge < -0.3 is 5.32 Å². The largest absolute Gasteiger partial charge is 0.336 e. The van der Waals surface area contributed by atoms with Gasteiger partial charge in [-0.05, 0) is 48.2 Å². The van der Waals surface area contributed by atoms with Crippen LogP contribution in [0.3, 0.4) is 0 Å². The van der Waals surface area contributed by atoms with Crippen molar-refractivity contribution in [1.29, 1.82) is 0 Å². The van der Waals surface area contributed by atoms with E-state index in [9.17, 15) is 23.2 Å². The van der Waals surface area contributed by atoms with Gasteiger partial charge in [0.2, 0.25) is 5.91 Å². The van der Waals surface area contributed by atoms with Gasteiger partial charge in [-0.15, -0.1) is 11.3 Å². The zero-order chi connectivity index (χ0) is 22.3. The van der Waals surface area contributed by atoms with Crippen LogP contribution in [-0.2, 0) is 11.3 Å². The highest BCUT2D eigenvalue weighted by molar-refractivity contribution is 7.17. The Bertz CT molecular complexity index is 1460. The molecule has 6 nitrogen and oxygen atoms in total. The standard InChI is InChI=1S/C21H14ClF2N3O3S/c1-11-2-3-12(22)8-15(11)25-18(28)10-26-17-6-7-31-19(17)20(29)27(21(26)30)16-5-4-13(23)9-14(16)24/h2-9H,10H2,1H3,(H,25,28). The van der Waals surface area contributed by atoms with Crippen LogP contribution in [0.2, 0.25) is 5.02 Å². The molecule has 31 heavy (non-hydrogen) atoms. The summed E-state index contributed by atoms with van der Waals surface area (Å²) in [6.45, 7) is 1.35. The SMILES string of the molecule is Cc1ccc(Cl)cc1NC(=O)Cn1c(=O)n(-c2ccc(F)cc2F)c(=O)c2sccc21. The Hall–Kier alpha value is -3.30. The van der Waals surface area contributed by atoms with E-state index in [1.54, 1.807) is 30.5 Å². The number of halogens is 3. The summed E-state index contributed by atoms with van der Waals surface area (Å²) in [4.78, 5) is 38.6. The van der Waals surface area contributed by atoms with E-state index in [-0.39, 0.29) is 10.2 Å². The summed E-state index contributed by atoms with van der Waals surface area (Å²) in [6, 6.07) is 9.06. The van der Waals surface area contributed by atoms with Crippen molar-refractivity contribution in [2.24, 2.45) is 0 Å². The number of fused-ring (bicyclic) bond motifs is 1. The molecule has 0 saturated carbocycles. The lowest BCUT2D eigenvalue weighted by atomic mass is 10.2. The molecule has 4 aromatic rings. The first-order chi connectivity index (χ1) is 14.8. The Morgan fingerprint density at radius 3 is 2.65 bits per heavy atom. The minimum atomic E-state index is -1.07. The number of hydrogen-bond donors (Lipinski definition) is 1. The lowest BCUT2D eigenvalue weighted by Gasteiger charge is -2.14. The maximum absolute atomic E-state index is 14.3. The monoisotopic (exact) mass is 461 g/mol. The lowest BCUT2D eigenvalue weighted by molar-refractivity contribution is -0.116. The molecule has 1 amide bonds. The predicted octanol–water partition coefficient (Wildman–Crippen LogP) is 4.09. The Kier molecular flexibility index (Phi) is 5.47. The van der Waals surface area contributed by atoms with Crippen LogP contribution in [0.4, 0.5) is 14.5 Å². The van der Waals surface area contributed by atoms with Gasteiger partial charge in [0.25, 0.3) is 5.56 Å². The lowest BCUT2D eigenvalue weighted by Crippen LogP contribution is -2.40. The van der Waals surface area contributed by atoms with Crippen LogP contribution in [0.25, 0.3) is 15.9 Å². The van der Waals surface area contributed by atoms with E-state index in [4.69, 9.17) is 11.6 Å². The van der Waals surface area contributed by atoms with Crippen molar-refractivity contribution in [1.82, 2.24) is 9.13 Å². The zero-order valence-electron chi connectivity index (χ0n) is 16.0. The number of aryl methyl sites for hydroxylation is 1. The molecule has 0 fully saturated rings. The molecule has 2 aromatic carbocycles. The molecular formula is C21H14ClF2N3O3S. The smallest absolute Gasteiger partial charge is 0.324 e. The van der Waals surface area contributed by atoms with Crippen LogP contribution in [0.1, 0.15) is 5.56 Å². The summed E-state index contributed by atoms with van der Waals surface area (Å²) in [5.41, 5.74) is -0.570. The second-order valence-corrected chi connectivity index (χ2v) is 8.10. The van der Waals surface area contributed by atoms with Crippen molar-refractivity contribution >= 4 is 44.7 Å². The van der Waals surface area contributed by atoms with E-state index in [2.05, 4.69) is 5.32 Å². The van der Waals surface area contributed by atoms with Crippen molar-refractivity contribution in [3.8, 4) is 5.69 Å². The van der Waals surface area contributed by atoms with Crippen LogP contribution < -0.4 is 16.6 Å². The average molecular weight is 462 g/mol. The van der Waals surface area contributed by atoms with Crippen molar-refractivity contribution in [2.45, 2.75) is 13.5 Å². The number of benzene rings is 2. The van der Waals surface area contributed by atoms with Crippen LogP contribution in [-0.4, -0.2) is 15.0 Å². The maximum atomic E-state index is 14.3. The molecule has 0 atom stereocenters. The van der Waals surface area contributed by atoms with Gasteiger partial charge in [-0.1, -0.05) is 17.7 Å². The first-order valence-corrected chi connectivity index (χ1v) is 10.3. The highest BCUT2D eigenvalue weighted by Crippen LogP contribution is 2.21. The van der Waals surface area contributed by atoms with Crippen molar-refractivity contribution in [2.75, 3.05) is 5.32 Å². The highest BCUT2D eigenvalue weighted by atomic mass is 35.5. The van der Waals surface area contributed by atoms with Crippen LogP contribution in [0.15, 0.2) is 57.4 Å². The molecule has 158 valence electrons. The number of aromatic nitrogens is 2. The Morgan fingerprint density at radius 1 is 1.13 bits per heavy atom. The first-order valence-electron chi connectivity index (χ1n) is 9.01. The number of nitrogens with one attached hydrogen (secondary N) is 1. The molecule has 0 bridgehead atoms. The molecule has 1 N–H and O–H groups in total. The third-order valence-electron chi connectivity index (χ3n) is 4.68. The van der Waals surface area contributed by atoms with E-state index in [1.807, 2.05) is 0 Å². The minimum absolute atomic E-state index is 0.162. The van der Waals surface area contributed by atoms with Gasteiger partial charge >= 0.3 is 5.69 Å². The van der Waals surface area contributed by atoms with E-state index >= 15 is 0 Å². The molecule has 0 aliphatic carbocycles. The fourth-order valence-electron chi connectivity index (χ4n) is 3.18.